The minimum Gasteiger partial charge on any atom is -0.461 e. The van der Waals surface area contributed by atoms with Gasteiger partial charge in [-0.25, -0.2) is 13.2 Å². The Kier molecular flexibility index (Phi) is 3.94. The van der Waals surface area contributed by atoms with Gasteiger partial charge in [0.1, 0.15) is 5.69 Å². The van der Waals surface area contributed by atoms with Crippen molar-refractivity contribution in [3.05, 3.63) is 48.3 Å². The molecule has 0 aliphatic carbocycles. The van der Waals surface area contributed by atoms with Gasteiger partial charge in [0.2, 0.25) is 9.84 Å². The molecule has 0 saturated carbocycles. The second-order valence-electron chi connectivity index (χ2n) is 4.21. The van der Waals surface area contributed by atoms with E-state index in [4.69, 9.17) is 4.74 Å². The number of benzene rings is 1. The Labute approximate surface area is 117 Å². The molecule has 2 aromatic rings. The predicted octanol–water partition coefficient (Wildman–Crippen LogP) is 2.03. The van der Waals surface area contributed by atoms with Gasteiger partial charge in [-0.1, -0.05) is 18.2 Å². The first-order valence-corrected chi connectivity index (χ1v) is 7.58. The number of hydrogen-bond acceptors (Lipinski definition) is 4. The predicted molar refractivity (Wildman–Crippen MR) is 73.3 cm³/mol. The van der Waals surface area contributed by atoms with Gasteiger partial charge in [-0.15, -0.1) is 0 Å². The normalized spacial score (nSPS) is 11.3. The lowest BCUT2D eigenvalue weighted by molar-refractivity contribution is 0.0515. The number of carbonyl (C=O) groups excluding carboxylic acids is 1. The Morgan fingerprint density at radius 1 is 1.20 bits per heavy atom. The number of hydrogen-bond donors (Lipinski definition) is 0. The molecule has 1 heterocycles. The van der Waals surface area contributed by atoms with Crippen LogP contribution in [0.2, 0.25) is 0 Å². The third-order valence-electron chi connectivity index (χ3n) is 2.83. The minimum atomic E-state index is -3.62. The molecule has 0 fully saturated rings. The zero-order valence-electron chi connectivity index (χ0n) is 11.2. The molecule has 1 aromatic heterocycles. The standard InChI is InChI=1S/C14H15NO4S/c1-3-19-14(16)13-9-12(10-15(13)2)20(17,18)11-7-5-4-6-8-11/h4-10H,3H2,1-2H3. The summed E-state index contributed by atoms with van der Waals surface area (Å²) in [6.07, 6.45) is 1.41. The SMILES string of the molecule is CCOC(=O)c1cc(S(=O)(=O)c2ccccc2)cn1C. The molecule has 0 amide bonds. The van der Waals surface area contributed by atoms with Gasteiger partial charge in [0.15, 0.2) is 0 Å². The van der Waals surface area contributed by atoms with Gasteiger partial charge in [-0.05, 0) is 25.1 Å². The van der Waals surface area contributed by atoms with E-state index >= 15 is 0 Å². The molecule has 20 heavy (non-hydrogen) atoms. The van der Waals surface area contributed by atoms with Crippen molar-refractivity contribution in [1.82, 2.24) is 4.57 Å². The molecule has 0 aliphatic heterocycles. The second kappa shape index (κ2) is 5.50. The van der Waals surface area contributed by atoms with Gasteiger partial charge < -0.3 is 9.30 Å². The summed E-state index contributed by atoms with van der Waals surface area (Å²) >= 11 is 0. The van der Waals surface area contributed by atoms with Crippen LogP contribution in [0.3, 0.4) is 0 Å². The Hall–Kier alpha value is -2.08. The topological polar surface area (TPSA) is 65.4 Å². The molecule has 6 heteroatoms. The lowest BCUT2D eigenvalue weighted by Crippen LogP contribution is -2.08. The summed E-state index contributed by atoms with van der Waals surface area (Å²) < 4.78 is 31.2. The van der Waals surface area contributed by atoms with Crippen molar-refractivity contribution >= 4 is 15.8 Å². The first-order chi connectivity index (χ1) is 9.46. The van der Waals surface area contributed by atoms with E-state index in [0.29, 0.717) is 0 Å². The van der Waals surface area contributed by atoms with Crippen molar-refractivity contribution in [1.29, 1.82) is 0 Å². The van der Waals surface area contributed by atoms with E-state index < -0.39 is 15.8 Å². The van der Waals surface area contributed by atoms with E-state index in [1.54, 1.807) is 32.2 Å². The van der Waals surface area contributed by atoms with Crippen LogP contribution < -0.4 is 0 Å². The first kappa shape index (κ1) is 14.3. The summed E-state index contributed by atoms with van der Waals surface area (Å²) in [6.45, 7) is 1.94. The van der Waals surface area contributed by atoms with Crippen LogP contribution in [0.25, 0.3) is 0 Å². The smallest absolute Gasteiger partial charge is 0.354 e. The zero-order valence-corrected chi connectivity index (χ0v) is 12.1. The molecule has 0 atom stereocenters. The van der Waals surface area contributed by atoms with E-state index in [-0.39, 0.29) is 22.1 Å². The van der Waals surface area contributed by atoms with E-state index in [1.165, 1.54) is 29.0 Å². The monoisotopic (exact) mass is 293 g/mol. The molecule has 0 radical (unpaired) electrons. The average Bonchev–Trinajstić information content (AvgIpc) is 2.83. The van der Waals surface area contributed by atoms with Gasteiger partial charge in [0.05, 0.1) is 16.4 Å². The number of aryl methyl sites for hydroxylation is 1. The minimum absolute atomic E-state index is 0.0780. The van der Waals surface area contributed by atoms with Gasteiger partial charge in [0, 0.05) is 13.2 Å². The number of esters is 1. The molecule has 106 valence electrons. The summed E-state index contributed by atoms with van der Waals surface area (Å²) in [5.74, 6) is -0.537. The van der Waals surface area contributed by atoms with Crippen molar-refractivity contribution < 1.29 is 17.9 Å². The molecule has 5 nitrogen and oxygen atoms in total. The largest absolute Gasteiger partial charge is 0.461 e. The van der Waals surface area contributed by atoms with Crippen LogP contribution in [-0.4, -0.2) is 25.6 Å². The van der Waals surface area contributed by atoms with Crippen LogP contribution in [0.15, 0.2) is 52.4 Å². The van der Waals surface area contributed by atoms with Gasteiger partial charge >= 0.3 is 5.97 Å². The summed E-state index contributed by atoms with van der Waals surface area (Å²) in [7, 11) is -2.01. The lowest BCUT2D eigenvalue weighted by Gasteiger charge is -2.01. The Morgan fingerprint density at radius 3 is 2.45 bits per heavy atom. The molecule has 0 bridgehead atoms. The molecule has 0 unspecified atom stereocenters. The van der Waals surface area contributed by atoms with Crippen molar-refractivity contribution in [3.8, 4) is 0 Å². The molecule has 0 spiro atoms. The zero-order chi connectivity index (χ0) is 14.8. The van der Waals surface area contributed by atoms with Crippen LogP contribution in [0.5, 0.6) is 0 Å². The molecule has 0 aliphatic rings. The molecule has 2 rings (SSSR count). The van der Waals surface area contributed by atoms with E-state index in [2.05, 4.69) is 0 Å². The summed E-state index contributed by atoms with van der Waals surface area (Å²) in [6, 6.07) is 9.43. The highest BCUT2D eigenvalue weighted by atomic mass is 32.2. The molecular formula is C14H15NO4S. The Morgan fingerprint density at radius 2 is 1.85 bits per heavy atom. The van der Waals surface area contributed by atoms with Crippen LogP contribution in [0.1, 0.15) is 17.4 Å². The van der Waals surface area contributed by atoms with Gasteiger partial charge in [-0.3, -0.25) is 0 Å². The van der Waals surface area contributed by atoms with Crippen molar-refractivity contribution in [2.45, 2.75) is 16.7 Å². The van der Waals surface area contributed by atoms with E-state index in [0.717, 1.165) is 0 Å². The van der Waals surface area contributed by atoms with Crippen molar-refractivity contribution in [2.24, 2.45) is 7.05 Å². The maximum atomic E-state index is 12.4. The van der Waals surface area contributed by atoms with Crippen LogP contribution >= 0.6 is 0 Å². The van der Waals surface area contributed by atoms with Crippen LogP contribution in [0.4, 0.5) is 0 Å². The fraction of sp³-hybridized carbons (Fsp3) is 0.214. The van der Waals surface area contributed by atoms with Crippen LogP contribution in [0, 0.1) is 0 Å². The van der Waals surface area contributed by atoms with E-state index in [9.17, 15) is 13.2 Å². The third kappa shape index (κ3) is 2.60. The molecular weight excluding hydrogens is 278 g/mol. The second-order valence-corrected chi connectivity index (χ2v) is 6.16. The highest BCUT2D eigenvalue weighted by Gasteiger charge is 2.22. The summed E-state index contributed by atoms with van der Waals surface area (Å²) in [5.41, 5.74) is 0.210. The first-order valence-electron chi connectivity index (χ1n) is 6.10. The third-order valence-corrected chi connectivity index (χ3v) is 4.56. The highest BCUT2D eigenvalue weighted by molar-refractivity contribution is 7.91. The number of rotatable bonds is 4. The van der Waals surface area contributed by atoms with E-state index in [1.807, 2.05) is 0 Å². The maximum absolute atomic E-state index is 12.4. The molecule has 0 N–H and O–H groups in total. The number of aromatic nitrogens is 1. The fourth-order valence-corrected chi connectivity index (χ4v) is 3.18. The maximum Gasteiger partial charge on any atom is 0.354 e. The number of sulfone groups is 1. The fourth-order valence-electron chi connectivity index (χ4n) is 1.82. The Bertz CT molecular complexity index is 717. The Balaban J connectivity index is 2.45. The van der Waals surface area contributed by atoms with Crippen LogP contribution in [-0.2, 0) is 21.6 Å². The average molecular weight is 293 g/mol. The molecule has 0 saturated heterocycles. The van der Waals surface area contributed by atoms with Crippen molar-refractivity contribution in [3.63, 3.8) is 0 Å². The summed E-state index contributed by atoms with van der Waals surface area (Å²) in [5, 5.41) is 0. The number of nitrogens with zero attached hydrogens (tertiary/aromatic N) is 1. The lowest BCUT2D eigenvalue weighted by atomic mass is 10.4. The van der Waals surface area contributed by atoms with Crippen molar-refractivity contribution in [2.75, 3.05) is 6.61 Å². The quantitative estimate of drug-likeness (QED) is 0.809. The number of carbonyl (C=O) groups is 1. The highest BCUT2D eigenvalue weighted by Crippen LogP contribution is 2.22. The van der Waals surface area contributed by atoms with Gasteiger partial charge in [-0.2, -0.15) is 0 Å². The molecule has 1 aromatic carbocycles. The summed E-state index contributed by atoms with van der Waals surface area (Å²) in [4.78, 5) is 12.0. The van der Waals surface area contributed by atoms with Gasteiger partial charge in [0.25, 0.3) is 0 Å². The number of ether oxygens (including phenoxy) is 1.